The number of amides is 2. The molecule has 6 heteroatoms. The van der Waals surface area contributed by atoms with Crippen LogP contribution in [0.25, 0.3) is 0 Å². The minimum Gasteiger partial charge on any atom is -0.326 e. The molecule has 22 heavy (non-hydrogen) atoms. The van der Waals surface area contributed by atoms with E-state index in [1.807, 2.05) is 19.1 Å². The second kappa shape index (κ2) is 7.29. The largest absolute Gasteiger partial charge is 0.326 e. The zero-order chi connectivity index (χ0) is 16.1. The van der Waals surface area contributed by atoms with E-state index >= 15 is 0 Å². The number of carbonyl (C=O) groups is 2. The van der Waals surface area contributed by atoms with E-state index in [9.17, 15) is 9.59 Å². The van der Waals surface area contributed by atoms with Crippen molar-refractivity contribution >= 4 is 46.4 Å². The molecule has 0 radical (unpaired) electrons. The Bertz CT molecular complexity index is 700. The van der Waals surface area contributed by atoms with E-state index < -0.39 is 5.91 Å². The van der Waals surface area contributed by atoms with Gasteiger partial charge in [0.15, 0.2) is 0 Å². The van der Waals surface area contributed by atoms with Gasteiger partial charge >= 0.3 is 0 Å². The molecule has 2 aromatic carbocycles. The highest BCUT2D eigenvalue weighted by Gasteiger charge is 2.10. The van der Waals surface area contributed by atoms with Crippen LogP contribution in [-0.2, 0) is 9.59 Å². The van der Waals surface area contributed by atoms with Crippen molar-refractivity contribution in [2.75, 3.05) is 10.6 Å². The highest BCUT2D eigenvalue weighted by atomic mass is 35.5. The number of anilines is 2. The van der Waals surface area contributed by atoms with Crippen molar-refractivity contribution in [3.8, 4) is 0 Å². The molecule has 0 unspecified atom stereocenters. The third-order valence-electron chi connectivity index (χ3n) is 2.86. The normalized spacial score (nSPS) is 10.1. The third-order valence-corrected chi connectivity index (χ3v) is 3.60. The fourth-order valence-electron chi connectivity index (χ4n) is 1.77. The number of nitrogens with one attached hydrogen (secondary N) is 2. The van der Waals surface area contributed by atoms with Crippen LogP contribution in [-0.4, -0.2) is 11.8 Å². The Morgan fingerprint density at radius 2 is 1.41 bits per heavy atom. The Balaban J connectivity index is 1.89. The summed E-state index contributed by atoms with van der Waals surface area (Å²) in [5.74, 6) is -0.815. The molecule has 0 atom stereocenters. The lowest BCUT2D eigenvalue weighted by Crippen LogP contribution is -2.21. The van der Waals surface area contributed by atoms with Gasteiger partial charge < -0.3 is 10.6 Å². The van der Waals surface area contributed by atoms with Crippen molar-refractivity contribution in [2.24, 2.45) is 0 Å². The Kier molecular flexibility index (Phi) is 5.41. The van der Waals surface area contributed by atoms with Gasteiger partial charge in [0.05, 0.1) is 10.0 Å². The van der Waals surface area contributed by atoms with Gasteiger partial charge in [-0.3, -0.25) is 9.59 Å². The van der Waals surface area contributed by atoms with E-state index in [4.69, 9.17) is 23.2 Å². The summed E-state index contributed by atoms with van der Waals surface area (Å²) in [5.41, 5.74) is 2.23. The third kappa shape index (κ3) is 4.76. The lowest BCUT2D eigenvalue weighted by atomic mass is 10.2. The van der Waals surface area contributed by atoms with E-state index in [-0.39, 0.29) is 12.3 Å². The molecule has 2 N–H and O–H groups in total. The molecular weight excluding hydrogens is 323 g/mol. The maximum atomic E-state index is 11.8. The van der Waals surface area contributed by atoms with Gasteiger partial charge in [-0.05, 0) is 37.3 Å². The van der Waals surface area contributed by atoms with Gasteiger partial charge in [0.25, 0.3) is 0 Å². The zero-order valence-electron chi connectivity index (χ0n) is 11.8. The van der Waals surface area contributed by atoms with Crippen molar-refractivity contribution < 1.29 is 9.59 Å². The van der Waals surface area contributed by atoms with Gasteiger partial charge in [0.2, 0.25) is 11.8 Å². The van der Waals surface area contributed by atoms with E-state index in [0.717, 1.165) is 5.56 Å². The van der Waals surface area contributed by atoms with Crippen molar-refractivity contribution in [1.29, 1.82) is 0 Å². The molecule has 0 bridgehead atoms. The van der Waals surface area contributed by atoms with Crippen molar-refractivity contribution in [1.82, 2.24) is 0 Å². The van der Waals surface area contributed by atoms with Gasteiger partial charge in [0, 0.05) is 11.4 Å². The van der Waals surface area contributed by atoms with Crippen LogP contribution in [0.4, 0.5) is 11.4 Å². The minimum absolute atomic E-state index is 0.284. The van der Waals surface area contributed by atoms with Crippen LogP contribution in [0.15, 0.2) is 42.5 Å². The fourth-order valence-corrected chi connectivity index (χ4v) is 2.07. The predicted molar refractivity (Wildman–Crippen MR) is 89.5 cm³/mol. The summed E-state index contributed by atoms with van der Waals surface area (Å²) in [4.78, 5) is 23.6. The smallest absolute Gasteiger partial charge is 0.233 e. The molecule has 2 rings (SSSR count). The Labute approximate surface area is 138 Å². The van der Waals surface area contributed by atoms with E-state index in [1.54, 1.807) is 24.3 Å². The molecule has 2 aromatic rings. The standard InChI is InChI=1S/C16H14Cl2N2O2/c1-10-2-4-11(5-3-10)19-15(21)9-16(22)20-12-6-7-13(17)14(18)8-12/h2-8H,9H2,1H3,(H,19,21)(H,20,22). The lowest BCUT2D eigenvalue weighted by molar-refractivity contribution is -0.123. The van der Waals surface area contributed by atoms with Crippen molar-refractivity contribution in [2.45, 2.75) is 13.3 Å². The number of rotatable bonds is 4. The molecular formula is C16H14Cl2N2O2. The minimum atomic E-state index is -0.428. The average Bonchev–Trinajstić information content (AvgIpc) is 2.45. The SMILES string of the molecule is Cc1ccc(NC(=O)CC(=O)Nc2ccc(Cl)c(Cl)c2)cc1. The summed E-state index contributed by atoms with van der Waals surface area (Å²) in [6.45, 7) is 1.95. The van der Waals surface area contributed by atoms with Crippen LogP contribution < -0.4 is 10.6 Å². The van der Waals surface area contributed by atoms with Crippen molar-refractivity contribution in [3.05, 3.63) is 58.1 Å². The number of carbonyl (C=O) groups excluding carboxylic acids is 2. The summed E-state index contributed by atoms with van der Waals surface area (Å²) in [6, 6.07) is 12.0. The molecule has 0 saturated heterocycles. The van der Waals surface area contributed by atoms with Gasteiger partial charge in [0.1, 0.15) is 6.42 Å². The molecule has 4 nitrogen and oxygen atoms in total. The summed E-state index contributed by atoms with van der Waals surface area (Å²) < 4.78 is 0. The molecule has 0 aliphatic carbocycles. The molecule has 114 valence electrons. The van der Waals surface area contributed by atoms with E-state index in [1.165, 1.54) is 6.07 Å². The van der Waals surface area contributed by atoms with Gasteiger partial charge in [-0.25, -0.2) is 0 Å². The average molecular weight is 337 g/mol. The van der Waals surface area contributed by atoms with Gasteiger partial charge in [-0.2, -0.15) is 0 Å². The topological polar surface area (TPSA) is 58.2 Å². The van der Waals surface area contributed by atoms with Crippen LogP contribution in [0.2, 0.25) is 10.0 Å². The molecule has 0 spiro atoms. The Hall–Kier alpha value is -2.04. The fraction of sp³-hybridized carbons (Fsp3) is 0.125. The van der Waals surface area contributed by atoms with E-state index in [2.05, 4.69) is 10.6 Å². The number of aryl methyl sites for hydroxylation is 1. The van der Waals surface area contributed by atoms with Crippen LogP contribution in [0, 0.1) is 6.92 Å². The quantitative estimate of drug-likeness (QED) is 0.819. The molecule has 0 heterocycles. The molecule has 2 amide bonds. The molecule has 0 aliphatic rings. The summed E-state index contributed by atoms with van der Waals surface area (Å²) in [7, 11) is 0. The van der Waals surface area contributed by atoms with E-state index in [0.29, 0.717) is 21.4 Å². The first-order valence-corrected chi connectivity index (χ1v) is 7.31. The predicted octanol–water partition coefficient (Wildman–Crippen LogP) is 4.27. The second-order valence-corrected chi connectivity index (χ2v) is 5.58. The van der Waals surface area contributed by atoms with Crippen LogP contribution in [0.1, 0.15) is 12.0 Å². The number of hydrogen-bond acceptors (Lipinski definition) is 2. The first-order valence-electron chi connectivity index (χ1n) is 6.55. The van der Waals surface area contributed by atoms with Gasteiger partial charge in [-0.15, -0.1) is 0 Å². The summed E-state index contributed by atoms with van der Waals surface area (Å²) in [6.07, 6.45) is -0.284. The summed E-state index contributed by atoms with van der Waals surface area (Å²) in [5, 5.41) is 5.99. The Morgan fingerprint density at radius 3 is 2.00 bits per heavy atom. The first kappa shape index (κ1) is 16.3. The van der Waals surface area contributed by atoms with Crippen LogP contribution >= 0.6 is 23.2 Å². The highest BCUT2D eigenvalue weighted by molar-refractivity contribution is 6.42. The first-order chi connectivity index (χ1) is 10.4. The summed E-state index contributed by atoms with van der Waals surface area (Å²) >= 11 is 11.7. The van der Waals surface area contributed by atoms with Crippen molar-refractivity contribution in [3.63, 3.8) is 0 Å². The number of benzene rings is 2. The van der Waals surface area contributed by atoms with Gasteiger partial charge in [-0.1, -0.05) is 40.9 Å². The highest BCUT2D eigenvalue weighted by Crippen LogP contribution is 2.25. The Morgan fingerprint density at radius 1 is 0.864 bits per heavy atom. The van der Waals surface area contributed by atoms with Crippen LogP contribution in [0.3, 0.4) is 0 Å². The maximum Gasteiger partial charge on any atom is 0.233 e. The van der Waals surface area contributed by atoms with Crippen LogP contribution in [0.5, 0.6) is 0 Å². The monoisotopic (exact) mass is 336 g/mol. The number of hydrogen-bond donors (Lipinski definition) is 2. The molecule has 0 fully saturated rings. The molecule has 0 aromatic heterocycles. The zero-order valence-corrected chi connectivity index (χ0v) is 13.3. The number of halogens is 2. The maximum absolute atomic E-state index is 11.8. The lowest BCUT2D eigenvalue weighted by Gasteiger charge is -2.07. The second-order valence-electron chi connectivity index (χ2n) is 4.77. The molecule has 0 saturated carbocycles. The molecule has 0 aliphatic heterocycles.